The lowest BCUT2D eigenvalue weighted by molar-refractivity contribution is -0.135. The van der Waals surface area contributed by atoms with Crippen LogP contribution in [-0.2, 0) is 4.79 Å². The summed E-state index contributed by atoms with van der Waals surface area (Å²) in [5.74, 6) is 0.153. The number of likely N-dealkylation sites (N-methyl/N-ethyl adjacent to an activating group) is 1. The van der Waals surface area contributed by atoms with E-state index in [4.69, 9.17) is 11.6 Å². The highest BCUT2D eigenvalue weighted by molar-refractivity contribution is 6.29. The van der Waals surface area contributed by atoms with Crippen molar-refractivity contribution in [3.63, 3.8) is 0 Å². The molecular weight excluding hydrogens is 200 g/mol. The van der Waals surface area contributed by atoms with Crippen LogP contribution in [0.3, 0.4) is 0 Å². The molecule has 1 amide bonds. The highest BCUT2D eigenvalue weighted by Crippen LogP contribution is 2.13. The first-order valence-corrected chi connectivity index (χ1v) is 5.38. The van der Waals surface area contributed by atoms with Crippen LogP contribution in [0.2, 0.25) is 0 Å². The summed E-state index contributed by atoms with van der Waals surface area (Å²) in [5.41, 5.74) is 0. The number of piperidine rings is 1. The number of nitrogens with zero attached hydrogens (tertiary/aromatic N) is 1. The summed E-state index contributed by atoms with van der Waals surface area (Å²) >= 11 is 5.69. The fraction of sp³-hybridized carbons (Fsp3) is 0.700. The zero-order chi connectivity index (χ0) is 10.6. The van der Waals surface area contributed by atoms with Crippen molar-refractivity contribution in [1.82, 2.24) is 10.2 Å². The van der Waals surface area contributed by atoms with E-state index in [0.717, 1.165) is 25.9 Å². The third kappa shape index (κ3) is 3.00. The predicted octanol–water partition coefficient (Wildman–Crippen LogP) is 1.34. The number of nitrogens with one attached hydrogen (secondary N) is 1. The third-order valence-electron chi connectivity index (χ3n) is 2.34. The number of hydrogen-bond donors (Lipinski definition) is 1. The molecule has 1 aliphatic heterocycles. The molecule has 0 spiro atoms. The number of carbonyl (C=O) groups is 1. The Labute approximate surface area is 90.1 Å². The fourth-order valence-corrected chi connectivity index (χ4v) is 1.88. The van der Waals surface area contributed by atoms with Crippen molar-refractivity contribution in [2.45, 2.75) is 25.8 Å². The van der Waals surface area contributed by atoms with E-state index in [-0.39, 0.29) is 11.9 Å². The van der Waals surface area contributed by atoms with Crippen LogP contribution in [0, 0.1) is 0 Å². The molecule has 14 heavy (non-hydrogen) atoms. The minimum atomic E-state index is -0.0234. The number of likely N-dealkylation sites (tertiary alicyclic amines) is 1. The number of carbonyl (C=O) groups excluding carboxylic acids is 1. The van der Waals surface area contributed by atoms with Gasteiger partial charge in [0.05, 0.1) is 12.6 Å². The predicted molar refractivity (Wildman–Crippen MR) is 58.3 cm³/mol. The maximum atomic E-state index is 11.8. The molecule has 0 aliphatic carbocycles. The molecule has 0 aromatic heterocycles. The lowest BCUT2D eigenvalue weighted by atomic mass is 10.0. The van der Waals surface area contributed by atoms with Crippen LogP contribution in [0.15, 0.2) is 11.6 Å². The van der Waals surface area contributed by atoms with Gasteiger partial charge in [0.25, 0.3) is 0 Å². The number of hydrogen-bond acceptors (Lipinski definition) is 2. The number of halogens is 1. The minimum Gasteiger partial charge on any atom is -0.336 e. The summed E-state index contributed by atoms with van der Waals surface area (Å²) in [4.78, 5) is 13.6. The van der Waals surface area contributed by atoms with Gasteiger partial charge < -0.3 is 10.2 Å². The molecule has 0 radical (unpaired) electrons. The first-order chi connectivity index (χ1) is 6.65. The standard InChI is InChI=1S/C10H17ClN2O/c1-3-12-9-5-4-6-13(10(9)14)7-8(2)11/h9,12H,2-7H2,1H3. The minimum absolute atomic E-state index is 0.0234. The van der Waals surface area contributed by atoms with E-state index in [9.17, 15) is 4.79 Å². The second-order valence-electron chi connectivity index (χ2n) is 3.53. The van der Waals surface area contributed by atoms with Crippen molar-refractivity contribution < 1.29 is 4.79 Å². The van der Waals surface area contributed by atoms with Crippen LogP contribution in [0.25, 0.3) is 0 Å². The molecule has 1 heterocycles. The molecule has 0 aromatic carbocycles. The van der Waals surface area contributed by atoms with Crippen molar-refractivity contribution in [3.8, 4) is 0 Å². The van der Waals surface area contributed by atoms with Gasteiger partial charge >= 0.3 is 0 Å². The smallest absolute Gasteiger partial charge is 0.240 e. The molecule has 1 unspecified atom stereocenters. The van der Waals surface area contributed by atoms with E-state index in [1.807, 2.05) is 6.92 Å². The Morgan fingerprint density at radius 3 is 3.07 bits per heavy atom. The van der Waals surface area contributed by atoms with Gasteiger partial charge in [-0.25, -0.2) is 0 Å². The largest absolute Gasteiger partial charge is 0.336 e. The Kier molecular flexibility index (Phi) is 4.42. The average Bonchev–Trinajstić information content (AvgIpc) is 2.11. The van der Waals surface area contributed by atoms with Gasteiger partial charge in [-0.2, -0.15) is 0 Å². The molecule has 1 aliphatic rings. The lowest BCUT2D eigenvalue weighted by Crippen LogP contribution is -2.50. The summed E-state index contributed by atoms with van der Waals surface area (Å²) in [5, 5.41) is 3.70. The van der Waals surface area contributed by atoms with E-state index >= 15 is 0 Å². The summed E-state index contributed by atoms with van der Waals surface area (Å²) in [6.45, 7) is 7.71. The maximum absolute atomic E-state index is 11.8. The first-order valence-electron chi connectivity index (χ1n) is 5.00. The molecular formula is C10H17ClN2O. The van der Waals surface area contributed by atoms with Crippen LogP contribution in [0.4, 0.5) is 0 Å². The second-order valence-corrected chi connectivity index (χ2v) is 4.06. The van der Waals surface area contributed by atoms with Gasteiger partial charge in [-0.1, -0.05) is 25.1 Å². The topological polar surface area (TPSA) is 32.3 Å². The first kappa shape index (κ1) is 11.5. The Morgan fingerprint density at radius 2 is 2.50 bits per heavy atom. The second kappa shape index (κ2) is 5.37. The lowest BCUT2D eigenvalue weighted by Gasteiger charge is -2.32. The average molecular weight is 217 g/mol. The fourth-order valence-electron chi connectivity index (χ4n) is 1.74. The molecule has 1 atom stereocenters. The van der Waals surface area contributed by atoms with Gasteiger partial charge in [0.1, 0.15) is 0 Å². The van der Waals surface area contributed by atoms with Crippen molar-refractivity contribution in [2.24, 2.45) is 0 Å². The number of rotatable bonds is 4. The Hall–Kier alpha value is -0.540. The van der Waals surface area contributed by atoms with Crippen LogP contribution in [0.5, 0.6) is 0 Å². The molecule has 1 N–H and O–H groups in total. The quantitative estimate of drug-likeness (QED) is 0.769. The third-order valence-corrected chi connectivity index (χ3v) is 2.46. The summed E-state index contributed by atoms with van der Waals surface area (Å²) < 4.78 is 0. The normalized spacial score (nSPS) is 22.6. The maximum Gasteiger partial charge on any atom is 0.240 e. The van der Waals surface area contributed by atoms with E-state index in [1.165, 1.54) is 0 Å². The van der Waals surface area contributed by atoms with Gasteiger partial charge in [0.15, 0.2) is 0 Å². The highest BCUT2D eigenvalue weighted by Gasteiger charge is 2.27. The zero-order valence-electron chi connectivity index (χ0n) is 8.55. The van der Waals surface area contributed by atoms with Crippen LogP contribution >= 0.6 is 11.6 Å². The van der Waals surface area contributed by atoms with Gasteiger partial charge in [-0.15, -0.1) is 0 Å². The molecule has 4 heteroatoms. The van der Waals surface area contributed by atoms with Crippen LogP contribution < -0.4 is 5.32 Å². The van der Waals surface area contributed by atoms with Crippen LogP contribution in [0.1, 0.15) is 19.8 Å². The van der Waals surface area contributed by atoms with Crippen molar-refractivity contribution in [2.75, 3.05) is 19.6 Å². The van der Waals surface area contributed by atoms with E-state index in [1.54, 1.807) is 4.90 Å². The molecule has 1 rings (SSSR count). The molecule has 80 valence electrons. The highest BCUT2D eigenvalue weighted by atomic mass is 35.5. The van der Waals surface area contributed by atoms with E-state index in [0.29, 0.717) is 11.6 Å². The van der Waals surface area contributed by atoms with E-state index < -0.39 is 0 Å². The van der Waals surface area contributed by atoms with Crippen molar-refractivity contribution in [1.29, 1.82) is 0 Å². The molecule has 1 saturated heterocycles. The molecule has 0 aromatic rings. The summed E-state index contributed by atoms with van der Waals surface area (Å²) in [6, 6.07) is -0.0234. The Morgan fingerprint density at radius 1 is 1.79 bits per heavy atom. The van der Waals surface area contributed by atoms with Gasteiger partial charge in [-0.3, -0.25) is 4.79 Å². The van der Waals surface area contributed by atoms with Crippen molar-refractivity contribution >= 4 is 17.5 Å². The Bertz CT molecular complexity index is 228. The molecule has 0 saturated carbocycles. The zero-order valence-corrected chi connectivity index (χ0v) is 9.31. The Balaban J connectivity index is 2.52. The monoisotopic (exact) mass is 216 g/mol. The van der Waals surface area contributed by atoms with Gasteiger partial charge in [0, 0.05) is 11.6 Å². The SMILES string of the molecule is C=C(Cl)CN1CCCC(NCC)C1=O. The summed E-state index contributed by atoms with van der Waals surface area (Å²) in [6.07, 6.45) is 1.96. The van der Waals surface area contributed by atoms with Gasteiger partial charge in [0.2, 0.25) is 5.91 Å². The number of amides is 1. The molecule has 1 fully saturated rings. The summed E-state index contributed by atoms with van der Waals surface area (Å²) in [7, 11) is 0. The van der Waals surface area contributed by atoms with Crippen molar-refractivity contribution in [3.05, 3.63) is 11.6 Å². The van der Waals surface area contributed by atoms with Crippen LogP contribution in [-0.4, -0.2) is 36.5 Å². The van der Waals surface area contributed by atoms with Gasteiger partial charge in [-0.05, 0) is 19.4 Å². The van der Waals surface area contributed by atoms with E-state index in [2.05, 4.69) is 11.9 Å². The molecule has 3 nitrogen and oxygen atoms in total. The molecule has 0 bridgehead atoms.